The van der Waals surface area contributed by atoms with Crippen LogP contribution in [0, 0.1) is 0 Å². The number of carbonyl (C=O) groups is 1. The second-order valence-corrected chi connectivity index (χ2v) is 7.74. The maximum Gasteiger partial charge on any atom is 0.243 e. The third kappa shape index (κ3) is 4.31. The van der Waals surface area contributed by atoms with E-state index in [4.69, 9.17) is 4.74 Å². The van der Waals surface area contributed by atoms with E-state index in [2.05, 4.69) is 5.32 Å². The second-order valence-electron chi connectivity index (χ2n) is 5.69. The van der Waals surface area contributed by atoms with Gasteiger partial charge in [-0.1, -0.05) is 30.3 Å². The summed E-state index contributed by atoms with van der Waals surface area (Å²) in [6.45, 7) is 1.91. The molecule has 0 bridgehead atoms. The van der Waals surface area contributed by atoms with Crippen LogP contribution in [0.5, 0.6) is 0 Å². The predicted octanol–water partition coefficient (Wildman–Crippen LogP) is 1.61. The number of amides is 1. The average molecular weight is 350 g/mol. The summed E-state index contributed by atoms with van der Waals surface area (Å²) in [5.74, 6) is -0.369. The largest absolute Gasteiger partial charge is 0.383 e. The fraction of sp³-hybridized carbons (Fsp3) is 0.353. The lowest BCUT2D eigenvalue weighted by Gasteiger charge is -2.19. The van der Waals surface area contributed by atoms with E-state index in [0.717, 1.165) is 15.1 Å². The number of hydrogen-bond donors (Lipinski definition) is 1. The first-order chi connectivity index (χ1) is 11.3. The first kappa shape index (κ1) is 18.4. The minimum absolute atomic E-state index is 0.168. The van der Waals surface area contributed by atoms with Gasteiger partial charge >= 0.3 is 0 Å². The lowest BCUT2D eigenvalue weighted by atomic mass is 10.1. The third-order valence-corrected chi connectivity index (χ3v) is 5.42. The summed E-state index contributed by atoms with van der Waals surface area (Å²) in [5, 5.41) is 4.50. The molecule has 0 radical (unpaired) electrons. The normalized spacial score (nSPS) is 13.2. The molecule has 2 rings (SSSR count). The van der Waals surface area contributed by atoms with Gasteiger partial charge < -0.3 is 10.1 Å². The Bertz CT molecular complexity index is 820. The van der Waals surface area contributed by atoms with Gasteiger partial charge in [-0.2, -0.15) is 4.31 Å². The van der Waals surface area contributed by atoms with Gasteiger partial charge in [0.2, 0.25) is 15.9 Å². The summed E-state index contributed by atoms with van der Waals surface area (Å²) in [4.78, 5) is 12.1. The molecule has 0 aromatic heterocycles. The monoisotopic (exact) mass is 350 g/mol. The number of benzene rings is 2. The fourth-order valence-corrected chi connectivity index (χ4v) is 3.57. The maximum absolute atomic E-state index is 12.6. The Morgan fingerprint density at radius 2 is 1.88 bits per heavy atom. The van der Waals surface area contributed by atoms with Gasteiger partial charge in [0.15, 0.2) is 0 Å². The first-order valence-electron chi connectivity index (χ1n) is 7.58. The Kier molecular flexibility index (Phi) is 5.93. The molecule has 0 fully saturated rings. The molecular weight excluding hydrogens is 328 g/mol. The molecule has 1 atom stereocenters. The molecule has 7 heteroatoms. The molecule has 0 aliphatic rings. The molecule has 2 aromatic rings. The molecule has 24 heavy (non-hydrogen) atoms. The molecule has 0 heterocycles. The van der Waals surface area contributed by atoms with Crippen LogP contribution in [0.3, 0.4) is 0 Å². The summed E-state index contributed by atoms with van der Waals surface area (Å²) in [5.41, 5.74) is 0. The van der Waals surface area contributed by atoms with Crippen LogP contribution in [0.4, 0.5) is 0 Å². The number of carbonyl (C=O) groups excluding carboxylic acids is 1. The number of hydrogen-bond acceptors (Lipinski definition) is 4. The predicted molar refractivity (Wildman–Crippen MR) is 93.2 cm³/mol. The molecule has 0 aliphatic carbocycles. The molecule has 1 N–H and O–H groups in total. The van der Waals surface area contributed by atoms with E-state index in [-0.39, 0.29) is 23.4 Å². The highest BCUT2D eigenvalue weighted by Gasteiger charge is 2.23. The molecule has 0 aliphatic heterocycles. The van der Waals surface area contributed by atoms with Crippen molar-refractivity contribution in [3.8, 4) is 0 Å². The van der Waals surface area contributed by atoms with E-state index in [0.29, 0.717) is 6.61 Å². The van der Waals surface area contributed by atoms with Crippen molar-refractivity contribution in [3.63, 3.8) is 0 Å². The summed E-state index contributed by atoms with van der Waals surface area (Å²) in [6.07, 6.45) is 0. The zero-order chi connectivity index (χ0) is 17.7. The number of fused-ring (bicyclic) bond motifs is 1. The molecule has 6 nitrogen and oxygen atoms in total. The summed E-state index contributed by atoms with van der Waals surface area (Å²) < 4.78 is 31.3. The molecule has 0 spiro atoms. The highest BCUT2D eigenvalue weighted by Crippen LogP contribution is 2.21. The topological polar surface area (TPSA) is 75.7 Å². The number of likely N-dealkylation sites (N-methyl/N-ethyl adjacent to an activating group) is 1. The van der Waals surface area contributed by atoms with Crippen molar-refractivity contribution in [1.82, 2.24) is 9.62 Å². The lowest BCUT2D eigenvalue weighted by molar-refractivity contribution is -0.122. The minimum Gasteiger partial charge on any atom is -0.383 e. The molecule has 130 valence electrons. The van der Waals surface area contributed by atoms with Crippen LogP contribution in [0.1, 0.15) is 6.92 Å². The van der Waals surface area contributed by atoms with Crippen molar-refractivity contribution in [2.75, 3.05) is 27.3 Å². The summed E-state index contributed by atoms with van der Waals surface area (Å²) >= 11 is 0. The second kappa shape index (κ2) is 7.74. The van der Waals surface area contributed by atoms with Gasteiger partial charge in [-0.05, 0) is 29.8 Å². The summed E-state index contributed by atoms with van der Waals surface area (Å²) in [6, 6.07) is 12.3. The van der Waals surface area contributed by atoms with E-state index in [1.807, 2.05) is 24.3 Å². The Labute approximate surface area is 142 Å². The Hall–Kier alpha value is -1.96. The molecule has 0 unspecified atom stereocenters. The fourth-order valence-electron chi connectivity index (χ4n) is 2.41. The van der Waals surface area contributed by atoms with Crippen molar-refractivity contribution in [1.29, 1.82) is 0 Å². The highest BCUT2D eigenvalue weighted by molar-refractivity contribution is 7.89. The number of sulfonamides is 1. The maximum atomic E-state index is 12.6. The van der Waals surface area contributed by atoms with E-state index >= 15 is 0 Å². The third-order valence-electron chi connectivity index (χ3n) is 3.62. The van der Waals surface area contributed by atoms with Crippen molar-refractivity contribution < 1.29 is 17.9 Å². The van der Waals surface area contributed by atoms with Gasteiger partial charge in [0, 0.05) is 20.2 Å². The van der Waals surface area contributed by atoms with Gasteiger partial charge in [-0.3, -0.25) is 4.79 Å². The van der Waals surface area contributed by atoms with Crippen LogP contribution in [0.25, 0.3) is 10.8 Å². The van der Waals surface area contributed by atoms with E-state index in [1.54, 1.807) is 32.2 Å². The van der Waals surface area contributed by atoms with Gasteiger partial charge in [0.1, 0.15) is 0 Å². The molecule has 2 aromatic carbocycles. The van der Waals surface area contributed by atoms with E-state index in [9.17, 15) is 13.2 Å². The number of ether oxygens (including phenoxy) is 1. The minimum atomic E-state index is -3.73. The van der Waals surface area contributed by atoms with Gasteiger partial charge in [0.05, 0.1) is 18.0 Å². The number of nitrogens with one attached hydrogen (secondary N) is 1. The van der Waals surface area contributed by atoms with E-state index < -0.39 is 10.0 Å². The van der Waals surface area contributed by atoms with Crippen LogP contribution in [-0.2, 0) is 19.6 Å². The Morgan fingerprint density at radius 1 is 1.21 bits per heavy atom. The number of nitrogens with zero attached hydrogens (tertiary/aromatic N) is 1. The van der Waals surface area contributed by atoms with Crippen LogP contribution >= 0.6 is 0 Å². The summed E-state index contributed by atoms with van der Waals surface area (Å²) in [7, 11) is -0.798. The molecular formula is C17H22N2O4S. The van der Waals surface area contributed by atoms with Crippen molar-refractivity contribution in [2.45, 2.75) is 17.9 Å². The standard InChI is InChI=1S/C17H22N2O4S/c1-13(12-23-3)18-17(20)11-19(2)24(21,22)16-9-8-14-6-4-5-7-15(14)10-16/h4-10,13H,11-12H2,1-3H3,(H,18,20)/t13-/m0/s1. The quantitative estimate of drug-likeness (QED) is 0.823. The smallest absolute Gasteiger partial charge is 0.243 e. The lowest BCUT2D eigenvalue weighted by Crippen LogP contribution is -2.43. The van der Waals surface area contributed by atoms with Crippen LogP contribution in [0.15, 0.2) is 47.4 Å². The Morgan fingerprint density at radius 3 is 2.54 bits per heavy atom. The number of rotatable bonds is 7. The van der Waals surface area contributed by atoms with E-state index in [1.165, 1.54) is 7.05 Å². The first-order valence-corrected chi connectivity index (χ1v) is 9.02. The van der Waals surface area contributed by atoms with Gasteiger partial charge in [-0.15, -0.1) is 0 Å². The van der Waals surface area contributed by atoms with Gasteiger partial charge in [0.25, 0.3) is 0 Å². The zero-order valence-electron chi connectivity index (χ0n) is 14.0. The zero-order valence-corrected chi connectivity index (χ0v) is 14.8. The van der Waals surface area contributed by atoms with Crippen LogP contribution in [0.2, 0.25) is 0 Å². The van der Waals surface area contributed by atoms with Crippen LogP contribution in [-0.4, -0.2) is 52.0 Å². The molecule has 0 saturated carbocycles. The van der Waals surface area contributed by atoms with Crippen molar-refractivity contribution in [2.24, 2.45) is 0 Å². The molecule has 1 amide bonds. The molecule has 0 saturated heterocycles. The highest BCUT2D eigenvalue weighted by atomic mass is 32.2. The average Bonchev–Trinajstić information content (AvgIpc) is 2.54. The SMILES string of the molecule is COC[C@H](C)NC(=O)CN(C)S(=O)(=O)c1ccc2ccccc2c1. The Balaban J connectivity index is 2.14. The van der Waals surface area contributed by atoms with Crippen molar-refractivity contribution >= 4 is 26.7 Å². The van der Waals surface area contributed by atoms with Crippen LogP contribution < -0.4 is 5.32 Å². The van der Waals surface area contributed by atoms with Gasteiger partial charge in [-0.25, -0.2) is 8.42 Å². The van der Waals surface area contributed by atoms with Crippen molar-refractivity contribution in [3.05, 3.63) is 42.5 Å². The number of methoxy groups -OCH3 is 1.